The van der Waals surface area contributed by atoms with Crippen molar-refractivity contribution in [2.75, 3.05) is 23.7 Å². The van der Waals surface area contributed by atoms with E-state index < -0.39 is 51.9 Å². The second-order valence-corrected chi connectivity index (χ2v) is 10.6. The van der Waals surface area contributed by atoms with Crippen LogP contribution in [0.15, 0.2) is 48.5 Å². The third-order valence-corrected chi connectivity index (χ3v) is 6.86. The minimum Gasteiger partial charge on any atom is -0.354 e. The quantitative estimate of drug-likeness (QED) is 0.421. The Bertz CT molecular complexity index is 1160. The smallest absolute Gasteiger partial charge is 0.354 e. The number of halogens is 4. The van der Waals surface area contributed by atoms with Gasteiger partial charge in [0, 0.05) is 13.1 Å². The Morgan fingerprint density at radius 2 is 1.75 bits per heavy atom. The average molecular weight is 548 g/mol. The van der Waals surface area contributed by atoms with Crippen LogP contribution in [0.2, 0.25) is 5.02 Å². The fourth-order valence-corrected chi connectivity index (χ4v) is 4.50. The Morgan fingerprint density at radius 1 is 1.11 bits per heavy atom. The SMILES string of the molecule is CCCCNC(=O)[C@@H](C)N(Cc1ccccc1)C(=O)CN(c1cc(C(F)(F)F)ccc1Cl)S(C)(=O)=O. The van der Waals surface area contributed by atoms with E-state index in [1.807, 2.05) is 6.92 Å². The highest BCUT2D eigenvalue weighted by molar-refractivity contribution is 7.92. The van der Waals surface area contributed by atoms with Gasteiger partial charge >= 0.3 is 6.18 Å². The number of hydrogen-bond donors (Lipinski definition) is 1. The van der Waals surface area contributed by atoms with Crippen molar-refractivity contribution in [3.63, 3.8) is 0 Å². The summed E-state index contributed by atoms with van der Waals surface area (Å²) in [6.45, 7) is 3.00. The molecule has 0 aromatic heterocycles. The molecule has 198 valence electrons. The van der Waals surface area contributed by atoms with Gasteiger partial charge in [-0.2, -0.15) is 13.2 Å². The highest BCUT2D eigenvalue weighted by Crippen LogP contribution is 2.36. The fraction of sp³-hybridized carbons (Fsp3) is 0.417. The standard InChI is InChI=1S/C24H29ClF3N3O4S/c1-4-5-13-29-23(33)17(2)30(15-18-9-7-6-8-10-18)22(32)16-31(36(3,34)35)21-14-19(24(26,27)28)11-12-20(21)25/h6-12,14,17H,4-5,13,15-16H2,1-3H3,(H,29,33)/t17-/m1/s1. The van der Waals surface area contributed by atoms with Gasteiger partial charge in [-0.3, -0.25) is 13.9 Å². The maximum atomic E-state index is 13.4. The molecule has 1 atom stereocenters. The van der Waals surface area contributed by atoms with Gasteiger partial charge < -0.3 is 10.2 Å². The van der Waals surface area contributed by atoms with Gasteiger partial charge in [-0.15, -0.1) is 0 Å². The lowest BCUT2D eigenvalue weighted by Crippen LogP contribution is -2.51. The molecule has 0 radical (unpaired) electrons. The van der Waals surface area contributed by atoms with Crippen LogP contribution in [0, 0.1) is 0 Å². The van der Waals surface area contributed by atoms with Crippen molar-refractivity contribution in [3.8, 4) is 0 Å². The van der Waals surface area contributed by atoms with Crippen LogP contribution >= 0.6 is 11.6 Å². The zero-order valence-corrected chi connectivity index (χ0v) is 21.8. The molecule has 0 aliphatic carbocycles. The summed E-state index contributed by atoms with van der Waals surface area (Å²) < 4.78 is 65.5. The fourth-order valence-electron chi connectivity index (χ4n) is 3.37. The number of sulfonamides is 1. The van der Waals surface area contributed by atoms with E-state index in [1.54, 1.807) is 30.3 Å². The molecule has 0 aliphatic rings. The lowest BCUT2D eigenvalue weighted by atomic mass is 10.1. The van der Waals surface area contributed by atoms with Crippen LogP contribution in [-0.2, 0) is 32.3 Å². The van der Waals surface area contributed by atoms with Crippen molar-refractivity contribution in [2.24, 2.45) is 0 Å². The van der Waals surface area contributed by atoms with Crippen molar-refractivity contribution >= 4 is 39.1 Å². The number of rotatable bonds is 11. The second-order valence-electron chi connectivity index (χ2n) is 8.26. The molecule has 0 fully saturated rings. The molecule has 1 N–H and O–H groups in total. The molecule has 0 aliphatic heterocycles. The predicted octanol–water partition coefficient (Wildman–Crippen LogP) is 4.46. The molecule has 2 aromatic carbocycles. The van der Waals surface area contributed by atoms with Gasteiger partial charge in [0.2, 0.25) is 21.8 Å². The average Bonchev–Trinajstić information content (AvgIpc) is 2.80. The van der Waals surface area contributed by atoms with Crippen LogP contribution in [-0.4, -0.2) is 50.5 Å². The van der Waals surface area contributed by atoms with Crippen LogP contribution < -0.4 is 9.62 Å². The summed E-state index contributed by atoms with van der Waals surface area (Å²) in [5.74, 6) is -1.22. The number of hydrogen-bond acceptors (Lipinski definition) is 4. The maximum absolute atomic E-state index is 13.4. The van der Waals surface area contributed by atoms with E-state index in [4.69, 9.17) is 11.6 Å². The van der Waals surface area contributed by atoms with Crippen LogP contribution in [0.4, 0.5) is 18.9 Å². The molecule has 0 spiro atoms. The van der Waals surface area contributed by atoms with Gasteiger partial charge in [0.1, 0.15) is 12.6 Å². The summed E-state index contributed by atoms with van der Waals surface area (Å²) in [5, 5.41) is 2.47. The highest BCUT2D eigenvalue weighted by Gasteiger charge is 2.34. The van der Waals surface area contributed by atoms with E-state index >= 15 is 0 Å². The molecule has 12 heteroatoms. The molecule has 2 aromatic rings. The predicted molar refractivity (Wildman–Crippen MR) is 133 cm³/mol. The minimum absolute atomic E-state index is 0.0179. The summed E-state index contributed by atoms with van der Waals surface area (Å²) in [4.78, 5) is 27.3. The Balaban J connectivity index is 2.44. The van der Waals surface area contributed by atoms with E-state index in [9.17, 15) is 31.2 Å². The van der Waals surface area contributed by atoms with E-state index in [0.717, 1.165) is 31.2 Å². The third-order valence-electron chi connectivity index (χ3n) is 5.41. The van der Waals surface area contributed by atoms with E-state index in [2.05, 4.69) is 5.32 Å². The number of alkyl halides is 3. The zero-order chi connectivity index (χ0) is 27.1. The number of amides is 2. The van der Waals surface area contributed by atoms with E-state index in [-0.39, 0.29) is 11.6 Å². The number of nitrogens with zero attached hydrogens (tertiary/aromatic N) is 2. The van der Waals surface area contributed by atoms with Gasteiger partial charge in [0.05, 0.1) is 22.5 Å². The number of nitrogens with one attached hydrogen (secondary N) is 1. The first-order chi connectivity index (χ1) is 16.8. The number of benzene rings is 2. The van der Waals surface area contributed by atoms with Crippen molar-refractivity contribution < 1.29 is 31.2 Å². The largest absolute Gasteiger partial charge is 0.416 e. The number of anilines is 1. The second kappa shape index (κ2) is 12.4. The van der Waals surface area contributed by atoms with Crippen molar-refractivity contribution in [3.05, 3.63) is 64.7 Å². The molecule has 0 saturated heterocycles. The highest BCUT2D eigenvalue weighted by atomic mass is 35.5. The maximum Gasteiger partial charge on any atom is 0.416 e. The van der Waals surface area contributed by atoms with Gasteiger partial charge in [-0.1, -0.05) is 55.3 Å². The van der Waals surface area contributed by atoms with Crippen molar-refractivity contribution in [2.45, 2.75) is 45.5 Å². The molecule has 2 rings (SSSR count). The Hall–Kier alpha value is -2.79. The van der Waals surface area contributed by atoms with Gasteiger partial charge in [0.15, 0.2) is 0 Å². The van der Waals surface area contributed by atoms with Gasteiger partial charge in [0.25, 0.3) is 0 Å². The third kappa shape index (κ3) is 8.12. The topological polar surface area (TPSA) is 86.8 Å². The van der Waals surface area contributed by atoms with Gasteiger partial charge in [-0.05, 0) is 37.1 Å². The normalized spacial score (nSPS) is 12.6. The molecule has 7 nitrogen and oxygen atoms in total. The molecule has 0 heterocycles. The first-order valence-corrected chi connectivity index (χ1v) is 13.4. The molecule has 36 heavy (non-hydrogen) atoms. The molecular weight excluding hydrogens is 519 g/mol. The van der Waals surface area contributed by atoms with E-state index in [1.165, 1.54) is 11.8 Å². The number of unbranched alkanes of at least 4 members (excludes halogenated alkanes) is 1. The molecule has 0 saturated carbocycles. The summed E-state index contributed by atoms with van der Waals surface area (Å²) in [5.41, 5.74) is -0.920. The minimum atomic E-state index is -4.75. The lowest BCUT2D eigenvalue weighted by molar-refractivity contribution is -0.139. The Labute approximate surface area is 214 Å². The van der Waals surface area contributed by atoms with E-state index in [0.29, 0.717) is 22.5 Å². The summed E-state index contributed by atoms with van der Waals surface area (Å²) in [6, 6.07) is 9.99. The number of carbonyl (C=O) groups is 2. The summed E-state index contributed by atoms with van der Waals surface area (Å²) >= 11 is 6.06. The van der Waals surface area contributed by atoms with Crippen LogP contribution in [0.25, 0.3) is 0 Å². The van der Waals surface area contributed by atoms with Gasteiger partial charge in [-0.25, -0.2) is 8.42 Å². The van der Waals surface area contributed by atoms with Crippen LogP contribution in [0.3, 0.4) is 0 Å². The van der Waals surface area contributed by atoms with Crippen LogP contribution in [0.5, 0.6) is 0 Å². The molecular formula is C24H29ClF3N3O4S. The summed E-state index contributed by atoms with van der Waals surface area (Å²) in [7, 11) is -4.23. The Kier molecular flexibility index (Phi) is 10.2. The lowest BCUT2D eigenvalue weighted by Gasteiger charge is -2.32. The van der Waals surface area contributed by atoms with Crippen molar-refractivity contribution in [1.82, 2.24) is 10.2 Å². The van der Waals surface area contributed by atoms with Crippen molar-refractivity contribution in [1.29, 1.82) is 0 Å². The number of carbonyl (C=O) groups excluding carboxylic acids is 2. The first-order valence-electron chi connectivity index (χ1n) is 11.2. The summed E-state index contributed by atoms with van der Waals surface area (Å²) in [6.07, 6.45) is -2.40. The van der Waals surface area contributed by atoms with Crippen LogP contribution in [0.1, 0.15) is 37.8 Å². The zero-order valence-electron chi connectivity index (χ0n) is 20.2. The Morgan fingerprint density at radius 3 is 2.31 bits per heavy atom. The molecule has 0 unspecified atom stereocenters. The molecule has 2 amide bonds. The first kappa shape index (κ1) is 29.4. The monoisotopic (exact) mass is 547 g/mol. The molecule has 0 bridgehead atoms.